The molecule has 2 aromatic carbocycles. The molecule has 2 rings (SSSR count). The molecule has 2 aromatic rings. The Hall–Kier alpha value is -2.42. The fourth-order valence-electron chi connectivity index (χ4n) is 2.75. The van der Waals surface area contributed by atoms with Crippen LogP contribution in [0.4, 0.5) is 0 Å². The van der Waals surface area contributed by atoms with Crippen LogP contribution in [0.2, 0.25) is 0 Å². The third kappa shape index (κ3) is 4.16. The molecule has 0 aliphatic carbocycles. The number of benzene rings is 2. The Bertz CT molecular complexity index is 782. The molecule has 0 heterocycles. The number of hydrogen-bond donors (Lipinski definition) is 0. The first-order chi connectivity index (χ1) is 11.8. The van der Waals surface area contributed by atoms with Crippen molar-refractivity contribution in [2.75, 3.05) is 6.61 Å². The predicted molar refractivity (Wildman–Crippen MR) is 101 cm³/mol. The fourth-order valence-corrected chi connectivity index (χ4v) is 2.75. The summed E-state index contributed by atoms with van der Waals surface area (Å²) < 4.78 is 5.60. The van der Waals surface area contributed by atoms with E-state index < -0.39 is 11.6 Å². The molecule has 0 atom stereocenters. The lowest BCUT2D eigenvalue weighted by Gasteiger charge is -2.21. The van der Waals surface area contributed by atoms with Crippen LogP contribution in [-0.2, 0) is 11.8 Å². The first kappa shape index (κ1) is 18.9. The van der Waals surface area contributed by atoms with Crippen LogP contribution in [0.1, 0.15) is 66.5 Å². The van der Waals surface area contributed by atoms with E-state index in [2.05, 4.69) is 20.8 Å². The van der Waals surface area contributed by atoms with Crippen LogP contribution < -0.4 is 4.74 Å². The van der Waals surface area contributed by atoms with E-state index in [0.29, 0.717) is 29.9 Å². The zero-order valence-corrected chi connectivity index (χ0v) is 15.7. The first-order valence-electron chi connectivity index (χ1n) is 8.73. The normalized spacial score (nSPS) is 11.2. The van der Waals surface area contributed by atoms with Crippen LogP contribution in [-0.4, -0.2) is 18.2 Å². The summed E-state index contributed by atoms with van der Waals surface area (Å²) in [5.74, 6) is -0.539. The molecule has 0 unspecified atom stereocenters. The molecule has 132 valence electrons. The molecular formula is C22H26O3. The Morgan fingerprint density at radius 1 is 0.920 bits per heavy atom. The van der Waals surface area contributed by atoms with E-state index in [1.807, 2.05) is 32.0 Å². The lowest BCUT2D eigenvalue weighted by atomic mass is 9.85. The number of aryl methyl sites for hydroxylation is 1. The number of carbonyl (C=O) groups is 2. The van der Waals surface area contributed by atoms with Crippen molar-refractivity contribution in [2.45, 2.75) is 46.5 Å². The molecular weight excluding hydrogens is 312 g/mol. The van der Waals surface area contributed by atoms with Crippen molar-refractivity contribution >= 4 is 11.6 Å². The molecule has 25 heavy (non-hydrogen) atoms. The number of Topliss-reactive ketones (excluding diaryl/α,β-unsaturated/α-hetero) is 2. The molecule has 0 bridgehead atoms. The topological polar surface area (TPSA) is 43.4 Å². The molecule has 0 spiro atoms. The summed E-state index contributed by atoms with van der Waals surface area (Å²) in [5, 5.41) is 0. The Labute approximate surface area is 150 Å². The highest BCUT2D eigenvalue weighted by atomic mass is 16.5. The first-order valence-corrected chi connectivity index (χ1v) is 8.73. The van der Waals surface area contributed by atoms with Crippen LogP contribution in [0.25, 0.3) is 0 Å². The van der Waals surface area contributed by atoms with Gasteiger partial charge in [-0.1, -0.05) is 58.0 Å². The van der Waals surface area contributed by atoms with Crippen molar-refractivity contribution < 1.29 is 14.3 Å². The number of rotatable bonds is 6. The smallest absolute Gasteiger partial charge is 0.237 e. The van der Waals surface area contributed by atoms with Crippen LogP contribution >= 0.6 is 0 Å². The summed E-state index contributed by atoms with van der Waals surface area (Å²) in [6.45, 7) is 10.5. The zero-order valence-electron chi connectivity index (χ0n) is 15.7. The van der Waals surface area contributed by atoms with Gasteiger partial charge in [0.1, 0.15) is 5.75 Å². The van der Waals surface area contributed by atoms with Gasteiger partial charge in [0.15, 0.2) is 0 Å². The van der Waals surface area contributed by atoms with Crippen LogP contribution in [0.3, 0.4) is 0 Å². The zero-order chi connectivity index (χ0) is 18.6. The van der Waals surface area contributed by atoms with Gasteiger partial charge >= 0.3 is 0 Å². The van der Waals surface area contributed by atoms with E-state index in [-0.39, 0.29) is 5.41 Å². The van der Waals surface area contributed by atoms with Gasteiger partial charge in [0, 0.05) is 5.56 Å². The maximum atomic E-state index is 13.0. The average Bonchev–Trinajstić information content (AvgIpc) is 2.60. The van der Waals surface area contributed by atoms with E-state index in [1.54, 1.807) is 24.3 Å². The van der Waals surface area contributed by atoms with E-state index in [9.17, 15) is 9.59 Å². The second-order valence-electron chi connectivity index (χ2n) is 7.06. The van der Waals surface area contributed by atoms with Gasteiger partial charge in [0.25, 0.3) is 0 Å². The number of ether oxygens (including phenoxy) is 1. The van der Waals surface area contributed by atoms with Crippen molar-refractivity contribution in [3.05, 3.63) is 64.7 Å². The van der Waals surface area contributed by atoms with Crippen molar-refractivity contribution in [3.63, 3.8) is 0 Å². The molecule has 3 nitrogen and oxygen atoms in total. The molecule has 0 N–H and O–H groups in total. The minimum atomic E-state index is -0.518. The maximum absolute atomic E-state index is 13.0. The minimum Gasteiger partial charge on any atom is -0.493 e. The summed E-state index contributed by atoms with van der Waals surface area (Å²) in [6.07, 6.45) is 0.704. The lowest BCUT2D eigenvalue weighted by molar-refractivity contribution is 0.0814. The summed E-state index contributed by atoms with van der Waals surface area (Å²) in [7, 11) is 0. The molecule has 0 aliphatic heterocycles. The van der Waals surface area contributed by atoms with E-state index >= 15 is 0 Å². The third-order valence-electron chi connectivity index (χ3n) is 4.24. The SMILES string of the molecule is CCOc1ccc(C(C)(C)C)cc1C(=O)C(=O)c1ccccc1CC. The van der Waals surface area contributed by atoms with Gasteiger partial charge in [0.2, 0.25) is 11.6 Å². The Kier molecular flexibility index (Phi) is 5.78. The van der Waals surface area contributed by atoms with Crippen molar-refractivity contribution in [2.24, 2.45) is 0 Å². The molecule has 0 saturated carbocycles. The summed E-state index contributed by atoms with van der Waals surface area (Å²) in [5.41, 5.74) is 2.56. The van der Waals surface area contributed by atoms with E-state index in [4.69, 9.17) is 4.74 Å². The molecule has 0 fully saturated rings. The third-order valence-corrected chi connectivity index (χ3v) is 4.24. The van der Waals surface area contributed by atoms with Crippen molar-refractivity contribution in [3.8, 4) is 5.75 Å². The van der Waals surface area contributed by atoms with Gasteiger partial charge in [-0.2, -0.15) is 0 Å². The second kappa shape index (κ2) is 7.64. The minimum absolute atomic E-state index is 0.121. The summed E-state index contributed by atoms with van der Waals surface area (Å²) in [4.78, 5) is 25.8. The Morgan fingerprint density at radius 3 is 2.16 bits per heavy atom. The lowest BCUT2D eigenvalue weighted by Crippen LogP contribution is -2.19. The van der Waals surface area contributed by atoms with Crippen LogP contribution in [0, 0.1) is 0 Å². The summed E-state index contributed by atoms with van der Waals surface area (Å²) in [6, 6.07) is 12.8. The summed E-state index contributed by atoms with van der Waals surface area (Å²) >= 11 is 0. The maximum Gasteiger partial charge on any atom is 0.237 e. The quantitative estimate of drug-likeness (QED) is 0.549. The van der Waals surface area contributed by atoms with Gasteiger partial charge in [-0.15, -0.1) is 0 Å². The van der Waals surface area contributed by atoms with Gasteiger partial charge in [-0.3, -0.25) is 9.59 Å². The molecule has 0 aromatic heterocycles. The number of carbonyl (C=O) groups excluding carboxylic acids is 2. The molecule has 0 radical (unpaired) electrons. The highest BCUT2D eigenvalue weighted by Crippen LogP contribution is 2.29. The highest BCUT2D eigenvalue weighted by molar-refractivity contribution is 6.50. The van der Waals surface area contributed by atoms with Gasteiger partial charge in [-0.25, -0.2) is 0 Å². The highest BCUT2D eigenvalue weighted by Gasteiger charge is 2.25. The second-order valence-corrected chi connectivity index (χ2v) is 7.06. The van der Waals surface area contributed by atoms with E-state index in [1.165, 1.54) is 0 Å². The molecule has 3 heteroatoms. The number of hydrogen-bond acceptors (Lipinski definition) is 3. The van der Waals surface area contributed by atoms with Crippen molar-refractivity contribution in [1.29, 1.82) is 0 Å². The fraction of sp³-hybridized carbons (Fsp3) is 0.364. The number of ketones is 2. The van der Waals surface area contributed by atoms with E-state index in [0.717, 1.165) is 11.1 Å². The Morgan fingerprint density at radius 2 is 1.56 bits per heavy atom. The predicted octanol–water partition coefficient (Wildman–Crippen LogP) is 5.01. The van der Waals surface area contributed by atoms with Crippen LogP contribution in [0.5, 0.6) is 5.75 Å². The van der Waals surface area contributed by atoms with Gasteiger partial charge in [-0.05, 0) is 42.0 Å². The largest absolute Gasteiger partial charge is 0.493 e. The molecule has 0 aliphatic rings. The monoisotopic (exact) mass is 338 g/mol. The van der Waals surface area contributed by atoms with Gasteiger partial charge < -0.3 is 4.74 Å². The van der Waals surface area contributed by atoms with Crippen molar-refractivity contribution in [1.82, 2.24) is 0 Å². The molecule has 0 amide bonds. The average molecular weight is 338 g/mol. The standard InChI is InChI=1S/C22H26O3/c1-6-15-10-8-9-11-17(15)20(23)21(24)18-14-16(22(3,4)5)12-13-19(18)25-7-2/h8-14H,6-7H2,1-5H3. The Balaban J connectivity index is 2.51. The van der Waals surface area contributed by atoms with Gasteiger partial charge in [0.05, 0.1) is 12.2 Å². The molecule has 0 saturated heterocycles. The van der Waals surface area contributed by atoms with Crippen LogP contribution in [0.15, 0.2) is 42.5 Å².